The van der Waals surface area contributed by atoms with Crippen LogP contribution in [0.1, 0.15) is 182 Å². The number of aryl methyl sites for hydroxylation is 24. The Labute approximate surface area is 656 Å². The molecule has 1 unspecified atom stereocenters. The summed E-state index contributed by atoms with van der Waals surface area (Å²) in [5, 5.41) is 11.7. The summed E-state index contributed by atoms with van der Waals surface area (Å²) < 4.78 is 1.16. The van der Waals surface area contributed by atoms with E-state index in [-0.39, 0.29) is 39.3 Å². The summed E-state index contributed by atoms with van der Waals surface area (Å²) >= 11 is 10.3. The van der Waals surface area contributed by atoms with Crippen molar-refractivity contribution in [1.29, 1.82) is 0 Å². The summed E-state index contributed by atoms with van der Waals surface area (Å²) in [5.41, 5.74) is 37.2. The van der Waals surface area contributed by atoms with Gasteiger partial charge in [-0.05, 0) is 330 Å². The van der Waals surface area contributed by atoms with E-state index in [4.69, 9.17) is 11.2 Å². The monoisotopic (exact) mass is 1560 g/mol. The summed E-state index contributed by atoms with van der Waals surface area (Å²) in [4.78, 5) is 0. The van der Waals surface area contributed by atoms with E-state index in [0.717, 1.165) is 4.47 Å². The minimum absolute atomic E-state index is 0. The SMILES string of the molecule is C=Cc1cc(C)[c-]c(C)c1.C=Cc1cc(C)c(P(c2c(C)cc(C)cc2C)c2c(C)cc(C)cc2C)c(C)c1.C=Cc1cc(C)c(P(c2c(C)cc(C)cc2C)c2c(C)cc(C)cc2C)c(C)c1.CCC(C)c1ccc(Br)cc1.Cc1cc(C)c(P(Cl)c2c(C)cc(C)cc2C)c(C)c1.[Li+].[Pd]. The quantitative estimate of drug-likeness (QED) is 0.0613. The number of hydrogen-bond acceptors (Lipinski definition) is 0. The van der Waals surface area contributed by atoms with Gasteiger partial charge in [0.1, 0.15) is 0 Å². The molecule has 0 saturated carbocycles. The molecule has 1 atom stereocenters. The number of benzene rings is 10. The standard InChI is InChI=1S/2C28H33P.C18H22ClP.C10H13Br.C10H11.Li.Pd/c2*1-10-25-15-23(8)28(24(9)16-25)29(26-19(4)11-17(2)12-20(26)5)27-21(6)13-18(3)14-22(27)7;1-11-7-13(3)17(14(4)8-11)20(19)18-15(5)9-12(2)10-16(18)6;1-3-8(2)9-4-6-10(11)7-5-9;1-4-10-6-8(2)5-9(3)7-10;;/h2*10-16H,1H2,2-9H3;7-10H,1-6H3;4-8H,3H2,1-2H3;4,6-7H,1H2,2-3H3;;/q;;;;-1;+1;. The van der Waals surface area contributed by atoms with Crippen molar-refractivity contribution in [3.05, 3.63) is 320 Å². The zero-order chi connectivity index (χ0) is 73.8. The molecular weight excluding hydrogens is 1450 g/mol. The van der Waals surface area contributed by atoms with Gasteiger partial charge in [-0.25, -0.2) is 0 Å². The molecule has 0 fully saturated rings. The molecule has 0 N–H and O–H groups in total. The molecule has 10 rings (SSSR count). The Morgan fingerprint density at radius 1 is 0.337 bits per heavy atom. The fourth-order valence-corrected chi connectivity index (χ4v) is 24.8. The fourth-order valence-electron chi connectivity index (χ4n) is 14.8. The minimum atomic E-state index is -0.807. The van der Waals surface area contributed by atoms with Crippen molar-refractivity contribution < 1.29 is 39.3 Å². The summed E-state index contributed by atoms with van der Waals surface area (Å²) in [7, 11) is -2.10. The molecule has 0 aliphatic carbocycles. The smallest absolute Gasteiger partial charge is 0.177 e. The van der Waals surface area contributed by atoms with Gasteiger partial charge >= 0.3 is 18.9 Å². The average Bonchev–Trinajstić information content (AvgIpc) is 0.757. The third-order valence-corrected chi connectivity index (χ3v) is 29.1. The van der Waals surface area contributed by atoms with Crippen LogP contribution in [0.2, 0.25) is 0 Å². The molecule has 0 aromatic heterocycles. The van der Waals surface area contributed by atoms with Gasteiger partial charge in [0.2, 0.25) is 0 Å². The van der Waals surface area contributed by atoms with E-state index in [1.54, 1.807) is 0 Å². The van der Waals surface area contributed by atoms with E-state index < -0.39 is 23.1 Å². The molecule has 0 spiro atoms. The van der Waals surface area contributed by atoms with Crippen LogP contribution in [0.3, 0.4) is 0 Å². The van der Waals surface area contributed by atoms with Gasteiger partial charge in [-0.1, -0.05) is 229 Å². The predicted molar refractivity (Wildman–Crippen MR) is 457 cm³/mol. The molecule has 0 saturated heterocycles. The maximum absolute atomic E-state index is 6.92. The van der Waals surface area contributed by atoms with E-state index in [1.165, 1.54) is 205 Å². The Balaban J connectivity index is 0.000000281. The second-order valence-electron chi connectivity index (χ2n) is 28.2. The number of halogens is 2. The van der Waals surface area contributed by atoms with Crippen LogP contribution in [-0.4, -0.2) is 0 Å². The molecule has 10 aromatic carbocycles. The van der Waals surface area contributed by atoms with Gasteiger partial charge in [-0.3, -0.25) is 0 Å². The first-order chi connectivity index (χ1) is 46.5. The normalized spacial score (nSPS) is 11.0. The van der Waals surface area contributed by atoms with Crippen LogP contribution in [0.4, 0.5) is 0 Å². The molecule has 0 heterocycles. The summed E-state index contributed by atoms with van der Waals surface area (Å²) in [6.45, 7) is 69.3. The Hall–Kier alpha value is -5.26. The minimum Gasteiger partial charge on any atom is -0.177 e. The van der Waals surface area contributed by atoms with Gasteiger partial charge in [0.15, 0.2) is 0 Å². The molecule has 101 heavy (non-hydrogen) atoms. The van der Waals surface area contributed by atoms with Gasteiger partial charge in [0, 0.05) is 35.5 Å². The molecule has 0 aliphatic rings. The zero-order valence-electron chi connectivity index (χ0n) is 66.3. The Morgan fingerprint density at radius 2 is 0.525 bits per heavy atom. The van der Waals surface area contributed by atoms with Crippen LogP contribution in [-0.2, 0) is 20.4 Å². The maximum atomic E-state index is 6.92. The van der Waals surface area contributed by atoms with Gasteiger partial charge in [0.25, 0.3) is 0 Å². The van der Waals surface area contributed by atoms with Crippen molar-refractivity contribution in [2.45, 2.75) is 192 Å². The largest absolute Gasteiger partial charge is 1.00 e. The van der Waals surface area contributed by atoms with Crippen molar-refractivity contribution in [1.82, 2.24) is 0 Å². The molecular formula is C94H112BrClLiP3Pd. The van der Waals surface area contributed by atoms with Crippen molar-refractivity contribution in [2.75, 3.05) is 0 Å². The van der Waals surface area contributed by atoms with Gasteiger partial charge in [0.05, 0.1) is 7.27 Å². The van der Waals surface area contributed by atoms with Crippen LogP contribution in [0, 0.1) is 172 Å². The van der Waals surface area contributed by atoms with Crippen LogP contribution in [0.5, 0.6) is 0 Å². The van der Waals surface area contributed by atoms with Gasteiger partial charge in [-0.2, -0.15) is 29.3 Å². The van der Waals surface area contributed by atoms with E-state index in [9.17, 15) is 0 Å². The van der Waals surface area contributed by atoms with Crippen molar-refractivity contribution in [3.63, 3.8) is 0 Å². The van der Waals surface area contributed by atoms with E-state index in [1.807, 2.05) is 32.1 Å². The molecule has 0 amide bonds. The average molecular weight is 1560 g/mol. The maximum Gasteiger partial charge on any atom is 1.00 e. The Bertz CT molecular complexity index is 4030. The first-order valence-corrected chi connectivity index (χ1v) is 40.7. The Kier molecular flexibility index (Phi) is 34.7. The predicted octanol–water partition coefficient (Wildman–Crippen LogP) is 21.9. The summed E-state index contributed by atoms with van der Waals surface area (Å²) in [6.07, 6.45) is 6.98. The fraction of sp³-hybridized carbons (Fsp3) is 0.298. The molecule has 0 radical (unpaired) electrons. The third-order valence-electron chi connectivity index (χ3n) is 18.5. The van der Waals surface area contributed by atoms with Crippen molar-refractivity contribution >= 4 is 111 Å². The topological polar surface area (TPSA) is 0 Å². The van der Waals surface area contributed by atoms with Crippen molar-refractivity contribution in [3.8, 4) is 0 Å². The van der Waals surface area contributed by atoms with Gasteiger partial charge < -0.3 is 0 Å². The van der Waals surface area contributed by atoms with E-state index >= 15 is 0 Å². The summed E-state index contributed by atoms with van der Waals surface area (Å²) in [5.74, 6) is 0.683. The number of rotatable bonds is 13. The van der Waals surface area contributed by atoms with E-state index in [0.29, 0.717) is 5.92 Å². The van der Waals surface area contributed by atoms with Crippen molar-refractivity contribution in [2.24, 2.45) is 0 Å². The Morgan fingerprint density at radius 3 is 0.723 bits per heavy atom. The van der Waals surface area contributed by atoms with Gasteiger partial charge in [-0.15, -0.1) is 12.1 Å². The summed E-state index contributed by atoms with van der Waals surface area (Å²) in [6, 6.07) is 52.8. The van der Waals surface area contributed by atoms with Crippen LogP contribution in [0.25, 0.3) is 18.2 Å². The zero-order valence-corrected chi connectivity index (χ0v) is 72.8. The second-order valence-corrected chi connectivity index (χ2v) is 35.6. The molecule has 0 nitrogen and oxygen atoms in total. The second kappa shape index (κ2) is 39.7. The molecule has 0 bridgehead atoms. The van der Waals surface area contributed by atoms with Crippen LogP contribution in [0.15, 0.2) is 158 Å². The molecule has 7 heteroatoms. The van der Waals surface area contributed by atoms with Crippen LogP contribution < -0.4 is 61.3 Å². The van der Waals surface area contributed by atoms with Crippen LogP contribution >= 0.6 is 50.3 Å². The first-order valence-electron chi connectivity index (χ1n) is 34.9. The third kappa shape index (κ3) is 22.9. The molecule has 10 aromatic rings. The first kappa shape index (κ1) is 88.1. The number of hydrogen-bond donors (Lipinski definition) is 0. The van der Waals surface area contributed by atoms with E-state index in [2.05, 4.69) is 341 Å². The molecule has 528 valence electrons. The molecule has 0 aliphatic heterocycles.